The van der Waals surface area contributed by atoms with E-state index in [2.05, 4.69) is 12.7 Å². The quantitative estimate of drug-likeness (QED) is 0.788. The molecular formula is C10H14OSe. The maximum absolute atomic E-state index is 9.80. The molecule has 0 saturated carbocycles. The van der Waals surface area contributed by atoms with E-state index in [9.17, 15) is 5.11 Å². The van der Waals surface area contributed by atoms with Gasteiger partial charge in [0, 0.05) is 0 Å². The van der Waals surface area contributed by atoms with Gasteiger partial charge < -0.3 is 0 Å². The number of rotatable bonds is 3. The topological polar surface area (TPSA) is 20.2 Å². The fraction of sp³-hybridized carbons (Fsp3) is 0.400. The van der Waals surface area contributed by atoms with Gasteiger partial charge in [0.15, 0.2) is 0 Å². The van der Waals surface area contributed by atoms with Crippen LogP contribution in [0.3, 0.4) is 0 Å². The minimum atomic E-state index is -0.281. The summed E-state index contributed by atoms with van der Waals surface area (Å²) in [5.41, 5.74) is 1.04. The molecule has 0 amide bonds. The van der Waals surface area contributed by atoms with Crippen LogP contribution in [0.5, 0.6) is 0 Å². The van der Waals surface area contributed by atoms with Crippen LogP contribution in [0, 0.1) is 0 Å². The van der Waals surface area contributed by atoms with Gasteiger partial charge in [0.2, 0.25) is 0 Å². The molecular weight excluding hydrogens is 215 g/mol. The first kappa shape index (κ1) is 9.78. The second kappa shape index (κ2) is 4.66. The van der Waals surface area contributed by atoms with Crippen molar-refractivity contribution in [1.82, 2.24) is 0 Å². The zero-order valence-corrected chi connectivity index (χ0v) is 9.11. The summed E-state index contributed by atoms with van der Waals surface area (Å²) in [5, 5.41) is 9.80. The van der Waals surface area contributed by atoms with Gasteiger partial charge in [-0.2, -0.15) is 0 Å². The van der Waals surface area contributed by atoms with E-state index in [0.29, 0.717) is 19.8 Å². The number of hydrogen-bond donors (Lipinski definition) is 1. The van der Waals surface area contributed by atoms with Crippen molar-refractivity contribution in [3.05, 3.63) is 35.9 Å². The molecule has 0 radical (unpaired) electrons. The summed E-state index contributed by atoms with van der Waals surface area (Å²) in [4.78, 5) is 0.403. The molecule has 0 heterocycles. The molecule has 2 atom stereocenters. The Kier molecular flexibility index (Phi) is 3.80. The Morgan fingerprint density at radius 3 is 2.33 bits per heavy atom. The van der Waals surface area contributed by atoms with E-state index in [0.717, 1.165) is 5.56 Å². The molecule has 1 aromatic rings. The van der Waals surface area contributed by atoms with E-state index < -0.39 is 0 Å². The zero-order valence-electron chi connectivity index (χ0n) is 7.40. The van der Waals surface area contributed by atoms with E-state index in [1.165, 1.54) is 0 Å². The summed E-state index contributed by atoms with van der Waals surface area (Å²) in [6.07, 6.45) is -0.281. The normalized spacial score (nSPS) is 15.6. The summed E-state index contributed by atoms with van der Waals surface area (Å²) < 4.78 is 0. The van der Waals surface area contributed by atoms with Crippen LogP contribution in [0.4, 0.5) is 0 Å². The van der Waals surface area contributed by atoms with E-state index in [4.69, 9.17) is 0 Å². The molecule has 0 fully saturated rings. The second-order valence-electron chi connectivity index (χ2n) is 2.80. The van der Waals surface area contributed by atoms with E-state index in [1.54, 1.807) is 0 Å². The second-order valence-corrected chi connectivity index (χ2v) is 5.35. The first-order valence-corrected chi connectivity index (χ1v) is 6.71. The van der Waals surface area contributed by atoms with Crippen LogP contribution in [-0.2, 0) is 0 Å². The maximum atomic E-state index is 9.80. The summed E-state index contributed by atoms with van der Waals surface area (Å²) >= 11 is 0.509. The van der Waals surface area contributed by atoms with Gasteiger partial charge in [0.05, 0.1) is 0 Å². The minimum absolute atomic E-state index is 0.281. The molecule has 2 heteroatoms. The molecule has 1 nitrogen and oxygen atoms in total. The van der Waals surface area contributed by atoms with Crippen molar-refractivity contribution < 1.29 is 5.11 Å². The van der Waals surface area contributed by atoms with Crippen molar-refractivity contribution in [2.24, 2.45) is 0 Å². The van der Waals surface area contributed by atoms with Gasteiger partial charge in [-0.15, -0.1) is 0 Å². The summed E-state index contributed by atoms with van der Waals surface area (Å²) in [5.74, 6) is 2.16. The summed E-state index contributed by atoms with van der Waals surface area (Å²) in [7, 11) is 0. The number of hydrogen-bond acceptors (Lipinski definition) is 1. The van der Waals surface area contributed by atoms with Crippen LogP contribution in [0.15, 0.2) is 30.3 Å². The van der Waals surface area contributed by atoms with Gasteiger partial charge in [0.1, 0.15) is 0 Å². The molecule has 1 rings (SSSR count). The third-order valence-corrected chi connectivity index (χ3v) is 4.06. The number of benzene rings is 1. The molecule has 0 aliphatic heterocycles. The average Bonchev–Trinajstić information content (AvgIpc) is 2.17. The van der Waals surface area contributed by atoms with Crippen molar-refractivity contribution in [2.75, 3.05) is 0 Å². The van der Waals surface area contributed by atoms with Gasteiger partial charge in [-0.1, -0.05) is 0 Å². The fourth-order valence-corrected chi connectivity index (χ4v) is 1.92. The van der Waals surface area contributed by atoms with E-state index in [-0.39, 0.29) is 6.10 Å². The first-order chi connectivity index (χ1) is 5.75. The first-order valence-electron chi connectivity index (χ1n) is 4.01. The number of aliphatic hydroxyl groups is 1. The molecule has 66 valence electrons. The zero-order chi connectivity index (χ0) is 8.97. The SMILES string of the molecule is C[Se][C@@H](C)[C@@H](O)c1ccccc1. The van der Waals surface area contributed by atoms with Crippen LogP contribution in [-0.4, -0.2) is 20.1 Å². The molecule has 0 aromatic heterocycles. The Labute approximate surface area is 80.0 Å². The predicted octanol–water partition coefficient (Wildman–Crippen LogP) is 2.28. The van der Waals surface area contributed by atoms with Crippen LogP contribution in [0.2, 0.25) is 10.6 Å². The molecule has 0 unspecified atom stereocenters. The van der Waals surface area contributed by atoms with Crippen molar-refractivity contribution >= 4 is 15.0 Å². The van der Waals surface area contributed by atoms with Crippen molar-refractivity contribution in [2.45, 2.75) is 23.7 Å². The van der Waals surface area contributed by atoms with Gasteiger partial charge >= 0.3 is 79.6 Å². The molecule has 0 saturated heterocycles. The molecule has 1 aromatic carbocycles. The monoisotopic (exact) mass is 230 g/mol. The predicted molar refractivity (Wildman–Crippen MR) is 52.4 cm³/mol. The van der Waals surface area contributed by atoms with Gasteiger partial charge in [-0.3, -0.25) is 0 Å². The van der Waals surface area contributed by atoms with Crippen molar-refractivity contribution in [1.29, 1.82) is 0 Å². The van der Waals surface area contributed by atoms with E-state index in [1.807, 2.05) is 30.3 Å². The standard InChI is InChI=1S/C10H14OSe/c1-8(12-2)10(11)9-6-4-3-5-7-9/h3-8,10-11H,1-2H3/t8-,10+/m0/s1. The molecule has 1 N–H and O–H groups in total. The Morgan fingerprint density at radius 1 is 1.25 bits per heavy atom. The van der Waals surface area contributed by atoms with Crippen molar-refractivity contribution in [3.63, 3.8) is 0 Å². The molecule has 0 aliphatic carbocycles. The molecule has 0 spiro atoms. The van der Waals surface area contributed by atoms with Gasteiger partial charge in [0.25, 0.3) is 0 Å². The van der Waals surface area contributed by atoms with Gasteiger partial charge in [-0.05, 0) is 0 Å². The molecule has 0 bridgehead atoms. The van der Waals surface area contributed by atoms with Crippen LogP contribution in [0.1, 0.15) is 18.6 Å². The Morgan fingerprint density at radius 2 is 1.83 bits per heavy atom. The van der Waals surface area contributed by atoms with E-state index >= 15 is 0 Å². The van der Waals surface area contributed by atoms with Crippen molar-refractivity contribution in [3.8, 4) is 0 Å². The Bertz CT molecular complexity index is 223. The number of aliphatic hydroxyl groups excluding tert-OH is 1. The van der Waals surface area contributed by atoms with Gasteiger partial charge in [-0.25, -0.2) is 0 Å². The van der Waals surface area contributed by atoms with Crippen LogP contribution < -0.4 is 0 Å². The third-order valence-electron chi connectivity index (χ3n) is 1.96. The summed E-state index contributed by atoms with van der Waals surface area (Å²) in [6, 6.07) is 9.86. The third kappa shape index (κ3) is 2.34. The Balaban J connectivity index is 2.71. The molecule has 0 aliphatic rings. The van der Waals surface area contributed by atoms with Crippen LogP contribution >= 0.6 is 0 Å². The summed E-state index contributed by atoms with van der Waals surface area (Å²) in [6.45, 7) is 2.09. The Hall–Kier alpha value is -0.301. The fourth-order valence-electron chi connectivity index (χ4n) is 1.05. The molecule has 12 heavy (non-hydrogen) atoms. The average molecular weight is 229 g/mol. The van der Waals surface area contributed by atoms with Crippen LogP contribution in [0.25, 0.3) is 0 Å².